The predicted molar refractivity (Wildman–Crippen MR) is 107 cm³/mol. The van der Waals surface area contributed by atoms with E-state index in [1.807, 2.05) is 0 Å². The summed E-state index contributed by atoms with van der Waals surface area (Å²) in [4.78, 5) is 36.0. The Morgan fingerprint density at radius 1 is 1.17 bits per heavy atom. The molecule has 7 nitrogen and oxygen atoms in total. The third-order valence-corrected chi connectivity index (χ3v) is 4.65. The first-order chi connectivity index (χ1) is 13.9. The van der Waals surface area contributed by atoms with Gasteiger partial charge in [-0.3, -0.25) is 9.59 Å². The molecule has 150 valence electrons. The molecule has 1 aromatic heterocycles. The van der Waals surface area contributed by atoms with E-state index >= 15 is 0 Å². The van der Waals surface area contributed by atoms with Gasteiger partial charge in [-0.25, -0.2) is 4.79 Å². The van der Waals surface area contributed by atoms with Crippen molar-refractivity contribution in [2.24, 2.45) is 0 Å². The molecular formula is C21H18ClNO6. The highest BCUT2D eigenvalue weighted by atomic mass is 35.5. The number of methoxy groups -OCH3 is 1. The molecule has 1 N–H and O–H groups in total. The zero-order valence-corrected chi connectivity index (χ0v) is 16.5. The fraction of sp³-hybridized carbons (Fsp3) is 0.190. The first-order valence-electron chi connectivity index (χ1n) is 8.68. The minimum atomic E-state index is -0.659. The number of amides is 1. The molecule has 0 saturated carbocycles. The van der Waals surface area contributed by atoms with Crippen LogP contribution in [-0.4, -0.2) is 25.5 Å². The van der Waals surface area contributed by atoms with Gasteiger partial charge in [0.25, 0.3) is 5.91 Å². The Labute approximate surface area is 171 Å². The van der Waals surface area contributed by atoms with Crippen LogP contribution in [0, 0.1) is 6.92 Å². The summed E-state index contributed by atoms with van der Waals surface area (Å²) in [6, 6.07) is 11.2. The van der Waals surface area contributed by atoms with Crippen LogP contribution in [0.1, 0.15) is 21.5 Å². The fourth-order valence-electron chi connectivity index (χ4n) is 2.76. The van der Waals surface area contributed by atoms with Crippen LogP contribution in [0.15, 0.2) is 51.7 Å². The molecule has 2 aromatic carbocycles. The van der Waals surface area contributed by atoms with Crippen LogP contribution < -0.4 is 15.7 Å². The first-order valence-corrected chi connectivity index (χ1v) is 9.06. The number of carbonyl (C=O) groups is 2. The molecule has 0 aliphatic carbocycles. The van der Waals surface area contributed by atoms with E-state index in [1.165, 1.54) is 13.2 Å². The fourth-order valence-corrected chi connectivity index (χ4v) is 2.92. The lowest BCUT2D eigenvalue weighted by Crippen LogP contribution is -2.30. The third kappa shape index (κ3) is 4.75. The minimum absolute atomic E-state index is 0.162. The summed E-state index contributed by atoms with van der Waals surface area (Å²) in [6.07, 6.45) is 0. The van der Waals surface area contributed by atoms with Crippen molar-refractivity contribution >= 4 is 34.4 Å². The number of fused-ring (bicyclic) bond motifs is 1. The summed E-state index contributed by atoms with van der Waals surface area (Å²) in [7, 11) is 1.45. The molecular weight excluding hydrogens is 398 g/mol. The van der Waals surface area contributed by atoms with Gasteiger partial charge < -0.3 is 19.2 Å². The van der Waals surface area contributed by atoms with Crippen molar-refractivity contribution < 1.29 is 23.5 Å². The predicted octanol–water partition coefficient (Wildman–Crippen LogP) is 3.24. The molecule has 1 amide bonds. The molecule has 0 spiro atoms. The average Bonchev–Trinajstić information content (AvgIpc) is 2.71. The number of esters is 1. The Morgan fingerprint density at radius 2 is 1.93 bits per heavy atom. The topological polar surface area (TPSA) is 94.8 Å². The van der Waals surface area contributed by atoms with Gasteiger partial charge in [-0.05, 0) is 36.8 Å². The van der Waals surface area contributed by atoms with Gasteiger partial charge in [0.2, 0.25) is 0 Å². The zero-order valence-electron chi connectivity index (χ0n) is 15.8. The number of rotatable bonds is 6. The first kappa shape index (κ1) is 20.4. The van der Waals surface area contributed by atoms with Gasteiger partial charge in [-0.15, -0.1) is 0 Å². The van der Waals surface area contributed by atoms with Crippen LogP contribution in [0.2, 0.25) is 5.02 Å². The highest BCUT2D eigenvalue weighted by Crippen LogP contribution is 2.25. The van der Waals surface area contributed by atoms with E-state index in [0.717, 1.165) is 5.56 Å². The number of hydrogen-bond acceptors (Lipinski definition) is 6. The average molecular weight is 416 g/mol. The molecule has 0 unspecified atom stereocenters. The number of aryl methyl sites for hydroxylation is 1. The largest absolute Gasteiger partial charge is 0.496 e. The Kier molecular flexibility index (Phi) is 6.19. The molecule has 0 saturated heterocycles. The van der Waals surface area contributed by atoms with Crippen LogP contribution >= 0.6 is 11.6 Å². The van der Waals surface area contributed by atoms with E-state index in [9.17, 15) is 14.4 Å². The highest BCUT2D eigenvalue weighted by molar-refractivity contribution is 6.32. The molecule has 0 aliphatic heterocycles. The molecule has 29 heavy (non-hydrogen) atoms. The second kappa shape index (κ2) is 8.79. The lowest BCUT2D eigenvalue weighted by molar-refractivity contribution is -0.143. The molecule has 8 heteroatoms. The Morgan fingerprint density at radius 3 is 2.69 bits per heavy atom. The van der Waals surface area contributed by atoms with Crippen molar-refractivity contribution in [3.63, 3.8) is 0 Å². The number of hydrogen-bond donors (Lipinski definition) is 1. The molecule has 0 radical (unpaired) electrons. The number of ether oxygens (including phenoxy) is 2. The van der Waals surface area contributed by atoms with Gasteiger partial charge >= 0.3 is 11.6 Å². The molecule has 1 heterocycles. The van der Waals surface area contributed by atoms with Gasteiger partial charge in [0, 0.05) is 22.0 Å². The Bertz CT molecular complexity index is 1140. The zero-order chi connectivity index (χ0) is 21.0. The van der Waals surface area contributed by atoms with E-state index < -0.39 is 17.5 Å². The highest BCUT2D eigenvalue weighted by Gasteiger charge is 2.14. The quantitative estimate of drug-likeness (QED) is 0.490. The summed E-state index contributed by atoms with van der Waals surface area (Å²) in [5.74, 6) is -0.728. The molecule has 3 aromatic rings. The second-order valence-corrected chi connectivity index (χ2v) is 6.64. The lowest BCUT2D eigenvalue weighted by Gasteiger charge is -2.10. The standard InChI is InChI=1S/C21H18ClNO6/c1-12-7-18-15(9-16(12)22)13(8-19(24)29-18)11-28-20(25)10-23-21(26)14-5-3-4-6-17(14)27-2/h3-9H,10-11H2,1-2H3,(H,23,26). The van der Waals surface area contributed by atoms with Crippen LogP contribution in [0.25, 0.3) is 11.0 Å². The van der Waals surface area contributed by atoms with Crippen LogP contribution in [-0.2, 0) is 16.1 Å². The maximum absolute atomic E-state index is 12.2. The van der Waals surface area contributed by atoms with E-state index in [4.69, 9.17) is 25.5 Å². The van der Waals surface area contributed by atoms with Crippen LogP contribution in [0.3, 0.4) is 0 Å². The van der Waals surface area contributed by atoms with Gasteiger partial charge in [-0.1, -0.05) is 23.7 Å². The summed E-state index contributed by atoms with van der Waals surface area (Å²) in [5, 5.41) is 3.56. The molecule has 0 aliphatic rings. The van der Waals surface area contributed by atoms with Crippen molar-refractivity contribution in [2.75, 3.05) is 13.7 Å². The van der Waals surface area contributed by atoms with Gasteiger partial charge in [-0.2, -0.15) is 0 Å². The number of benzene rings is 2. The smallest absolute Gasteiger partial charge is 0.336 e. The van der Waals surface area contributed by atoms with E-state index in [0.29, 0.717) is 32.9 Å². The van der Waals surface area contributed by atoms with Crippen LogP contribution in [0.5, 0.6) is 5.75 Å². The van der Waals surface area contributed by atoms with Crippen molar-refractivity contribution in [3.05, 3.63) is 74.6 Å². The van der Waals surface area contributed by atoms with Gasteiger partial charge in [0.05, 0.1) is 12.7 Å². The van der Waals surface area contributed by atoms with E-state index in [1.54, 1.807) is 43.3 Å². The second-order valence-electron chi connectivity index (χ2n) is 6.23. The van der Waals surface area contributed by atoms with Crippen LogP contribution in [0.4, 0.5) is 0 Å². The van der Waals surface area contributed by atoms with Crippen molar-refractivity contribution in [2.45, 2.75) is 13.5 Å². The normalized spacial score (nSPS) is 10.6. The number of nitrogens with one attached hydrogen (secondary N) is 1. The van der Waals surface area contributed by atoms with Crippen molar-refractivity contribution in [1.82, 2.24) is 5.32 Å². The third-order valence-electron chi connectivity index (χ3n) is 4.24. The van der Waals surface area contributed by atoms with Crippen molar-refractivity contribution in [1.29, 1.82) is 0 Å². The molecule has 0 atom stereocenters. The summed E-state index contributed by atoms with van der Waals surface area (Å²) >= 11 is 6.14. The Balaban J connectivity index is 1.66. The maximum atomic E-state index is 12.2. The van der Waals surface area contributed by atoms with E-state index in [2.05, 4.69) is 5.32 Å². The number of carbonyl (C=O) groups excluding carboxylic acids is 2. The van der Waals surface area contributed by atoms with E-state index in [-0.39, 0.29) is 13.2 Å². The summed E-state index contributed by atoms with van der Waals surface area (Å²) in [6.45, 7) is 1.29. The monoisotopic (exact) mass is 415 g/mol. The van der Waals surface area contributed by atoms with Gasteiger partial charge in [0.1, 0.15) is 24.5 Å². The minimum Gasteiger partial charge on any atom is -0.496 e. The van der Waals surface area contributed by atoms with Gasteiger partial charge in [0.15, 0.2) is 0 Å². The Hall–Kier alpha value is -3.32. The number of halogens is 1. The SMILES string of the molecule is COc1ccccc1C(=O)NCC(=O)OCc1cc(=O)oc2cc(C)c(Cl)cc12. The molecule has 0 bridgehead atoms. The summed E-state index contributed by atoms with van der Waals surface area (Å²) < 4.78 is 15.5. The molecule has 0 fully saturated rings. The lowest BCUT2D eigenvalue weighted by atomic mass is 10.1. The number of para-hydroxylation sites is 1. The van der Waals surface area contributed by atoms with Crippen molar-refractivity contribution in [3.8, 4) is 5.75 Å². The maximum Gasteiger partial charge on any atom is 0.336 e. The molecule has 3 rings (SSSR count). The summed E-state index contributed by atoms with van der Waals surface area (Å²) in [5.41, 5.74) is 1.32.